The molecular weight excluding hydrogens is 269 g/mol. The Kier molecular flexibility index (Phi) is 4.61. The van der Waals surface area contributed by atoms with Crippen LogP contribution in [0.5, 0.6) is 0 Å². The quantitative estimate of drug-likeness (QED) is 0.790. The lowest BCUT2D eigenvalue weighted by Crippen LogP contribution is -2.10. The lowest BCUT2D eigenvalue weighted by Gasteiger charge is -2.12. The minimum absolute atomic E-state index is 0.349. The second-order valence-corrected chi connectivity index (χ2v) is 5.19. The Balaban J connectivity index is 2.01. The average Bonchev–Trinajstić information content (AvgIpc) is 2.74. The number of hydrogen-bond acceptors (Lipinski definition) is 2. The molecular formula is C13H15Cl2N3. The van der Waals surface area contributed by atoms with Gasteiger partial charge < -0.3 is 0 Å². The Morgan fingerprint density at radius 1 is 1.33 bits per heavy atom. The first-order chi connectivity index (χ1) is 8.67. The lowest BCUT2D eigenvalue weighted by atomic mass is 9.97. The molecule has 3 nitrogen and oxygen atoms in total. The van der Waals surface area contributed by atoms with E-state index in [0.717, 1.165) is 23.6 Å². The predicted molar refractivity (Wildman–Crippen MR) is 74.1 cm³/mol. The van der Waals surface area contributed by atoms with Gasteiger partial charge in [-0.2, -0.15) is 0 Å². The van der Waals surface area contributed by atoms with Crippen molar-refractivity contribution in [2.75, 3.05) is 5.88 Å². The number of nitrogens with zero attached hydrogens (tertiary/aromatic N) is 3. The zero-order chi connectivity index (χ0) is 13.0. The van der Waals surface area contributed by atoms with E-state index in [9.17, 15) is 0 Å². The number of aryl methyl sites for hydroxylation is 1. The fourth-order valence-electron chi connectivity index (χ4n) is 1.96. The molecule has 18 heavy (non-hydrogen) atoms. The third-order valence-corrected chi connectivity index (χ3v) is 3.45. The molecule has 0 saturated heterocycles. The van der Waals surface area contributed by atoms with Crippen LogP contribution in [0, 0.1) is 5.92 Å². The summed E-state index contributed by atoms with van der Waals surface area (Å²) in [5.74, 6) is 0.949. The van der Waals surface area contributed by atoms with Crippen molar-refractivity contribution in [3.8, 4) is 0 Å². The van der Waals surface area contributed by atoms with E-state index in [1.807, 2.05) is 31.4 Å². The SMILES string of the molecule is Cn1cc(CC(CCl)Cc2cccc(Cl)c2)nn1. The highest BCUT2D eigenvalue weighted by atomic mass is 35.5. The van der Waals surface area contributed by atoms with E-state index in [2.05, 4.69) is 16.4 Å². The molecule has 5 heteroatoms. The first-order valence-corrected chi connectivity index (χ1v) is 6.74. The van der Waals surface area contributed by atoms with E-state index in [0.29, 0.717) is 11.8 Å². The maximum atomic E-state index is 6.03. The number of aromatic nitrogens is 3. The van der Waals surface area contributed by atoms with Gasteiger partial charge in [-0.25, -0.2) is 0 Å². The largest absolute Gasteiger partial charge is 0.255 e. The molecule has 0 aliphatic rings. The smallest absolute Gasteiger partial charge is 0.0830 e. The molecule has 2 aromatic rings. The molecule has 0 spiro atoms. The van der Waals surface area contributed by atoms with Crippen LogP contribution in [0.2, 0.25) is 5.02 Å². The van der Waals surface area contributed by atoms with Crippen molar-refractivity contribution in [2.45, 2.75) is 12.8 Å². The second kappa shape index (κ2) is 6.21. The molecule has 0 bridgehead atoms. The molecule has 1 atom stereocenters. The van der Waals surface area contributed by atoms with E-state index in [1.54, 1.807) is 4.68 Å². The Hall–Kier alpha value is -1.06. The van der Waals surface area contributed by atoms with Gasteiger partial charge in [-0.15, -0.1) is 16.7 Å². The van der Waals surface area contributed by atoms with Crippen LogP contribution in [0.3, 0.4) is 0 Å². The number of benzene rings is 1. The molecule has 1 aromatic carbocycles. The van der Waals surface area contributed by atoms with Gasteiger partial charge in [0.1, 0.15) is 0 Å². The third-order valence-electron chi connectivity index (χ3n) is 2.78. The summed E-state index contributed by atoms with van der Waals surface area (Å²) in [6, 6.07) is 7.90. The van der Waals surface area contributed by atoms with Gasteiger partial charge in [0.2, 0.25) is 0 Å². The van der Waals surface area contributed by atoms with Gasteiger partial charge in [0, 0.05) is 24.1 Å². The molecule has 0 aliphatic heterocycles. The Bertz CT molecular complexity index is 510. The number of hydrogen-bond donors (Lipinski definition) is 0. The lowest BCUT2D eigenvalue weighted by molar-refractivity contribution is 0.574. The summed E-state index contributed by atoms with van der Waals surface area (Å²) in [5, 5.41) is 8.78. The van der Waals surface area contributed by atoms with Crippen molar-refractivity contribution in [3.63, 3.8) is 0 Å². The van der Waals surface area contributed by atoms with Crippen molar-refractivity contribution < 1.29 is 0 Å². The van der Waals surface area contributed by atoms with Gasteiger partial charge in [-0.05, 0) is 36.5 Å². The highest BCUT2D eigenvalue weighted by molar-refractivity contribution is 6.30. The molecule has 0 saturated carbocycles. The summed E-state index contributed by atoms with van der Waals surface area (Å²) in [6.07, 6.45) is 3.67. The average molecular weight is 284 g/mol. The van der Waals surface area contributed by atoms with E-state index in [1.165, 1.54) is 5.56 Å². The van der Waals surface area contributed by atoms with Crippen LogP contribution in [-0.2, 0) is 19.9 Å². The first kappa shape index (κ1) is 13.4. The molecule has 2 rings (SSSR count). The highest BCUT2D eigenvalue weighted by Crippen LogP contribution is 2.18. The van der Waals surface area contributed by atoms with Gasteiger partial charge in [0.05, 0.1) is 5.69 Å². The number of halogens is 2. The molecule has 1 unspecified atom stereocenters. The van der Waals surface area contributed by atoms with Crippen LogP contribution >= 0.6 is 23.2 Å². The predicted octanol–water partition coefficient (Wildman–Crippen LogP) is 3.11. The zero-order valence-corrected chi connectivity index (χ0v) is 11.7. The van der Waals surface area contributed by atoms with E-state index < -0.39 is 0 Å². The summed E-state index contributed by atoms with van der Waals surface area (Å²) in [6.45, 7) is 0. The third kappa shape index (κ3) is 3.72. The molecule has 0 amide bonds. The normalized spacial score (nSPS) is 12.6. The minimum atomic E-state index is 0.349. The fourth-order valence-corrected chi connectivity index (χ4v) is 2.39. The number of alkyl halides is 1. The topological polar surface area (TPSA) is 30.7 Å². The van der Waals surface area contributed by atoms with Gasteiger partial charge in [0.15, 0.2) is 0 Å². The van der Waals surface area contributed by atoms with Crippen LogP contribution in [0.15, 0.2) is 30.5 Å². The standard InChI is InChI=1S/C13H15Cl2N3/c1-18-9-13(16-17-18)7-11(8-14)5-10-3-2-4-12(15)6-10/h2-4,6,9,11H,5,7-8H2,1H3. The Labute approximate surface area is 117 Å². The molecule has 96 valence electrons. The van der Waals surface area contributed by atoms with Gasteiger partial charge in [-0.3, -0.25) is 4.68 Å². The van der Waals surface area contributed by atoms with Crippen molar-refractivity contribution in [2.24, 2.45) is 13.0 Å². The van der Waals surface area contributed by atoms with Crippen LogP contribution in [-0.4, -0.2) is 20.9 Å². The fraction of sp³-hybridized carbons (Fsp3) is 0.385. The monoisotopic (exact) mass is 283 g/mol. The summed E-state index contributed by atoms with van der Waals surface area (Å²) < 4.78 is 1.71. The summed E-state index contributed by atoms with van der Waals surface area (Å²) in [5.41, 5.74) is 2.18. The van der Waals surface area contributed by atoms with E-state index >= 15 is 0 Å². The van der Waals surface area contributed by atoms with Crippen LogP contribution < -0.4 is 0 Å². The Morgan fingerprint density at radius 3 is 2.78 bits per heavy atom. The molecule has 0 N–H and O–H groups in total. The van der Waals surface area contributed by atoms with Gasteiger partial charge in [0.25, 0.3) is 0 Å². The van der Waals surface area contributed by atoms with Crippen LogP contribution in [0.4, 0.5) is 0 Å². The van der Waals surface area contributed by atoms with E-state index in [4.69, 9.17) is 23.2 Å². The van der Waals surface area contributed by atoms with Crippen LogP contribution in [0.25, 0.3) is 0 Å². The second-order valence-electron chi connectivity index (χ2n) is 4.44. The molecule has 0 aliphatic carbocycles. The Morgan fingerprint density at radius 2 is 2.17 bits per heavy atom. The summed E-state index contributed by atoms with van der Waals surface area (Å²) >= 11 is 12.0. The van der Waals surface area contributed by atoms with Crippen molar-refractivity contribution in [3.05, 3.63) is 46.7 Å². The van der Waals surface area contributed by atoms with Gasteiger partial charge in [-0.1, -0.05) is 28.9 Å². The zero-order valence-electron chi connectivity index (χ0n) is 10.2. The van der Waals surface area contributed by atoms with Gasteiger partial charge >= 0.3 is 0 Å². The maximum Gasteiger partial charge on any atom is 0.0830 e. The molecule has 0 fully saturated rings. The van der Waals surface area contributed by atoms with Crippen molar-refractivity contribution in [1.82, 2.24) is 15.0 Å². The highest BCUT2D eigenvalue weighted by Gasteiger charge is 2.12. The van der Waals surface area contributed by atoms with Crippen molar-refractivity contribution >= 4 is 23.2 Å². The first-order valence-electron chi connectivity index (χ1n) is 5.83. The molecule has 1 heterocycles. The summed E-state index contributed by atoms with van der Waals surface area (Å²) in [4.78, 5) is 0. The summed E-state index contributed by atoms with van der Waals surface area (Å²) in [7, 11) is 1.86. The van der Waals surface area contributed by atoms with E-state index in [-0.39, 0.29) is 0 Å². The molecule has 1 aromatic heterocycles. The van der Waals surface area contributed by atoms with Crippen LogP contribution in [0.1, 0.15) is 11.3 Å². The molecule has 0 radical (unpaired) electrons. The maximum absolute atomic E-state index is 6.03. The minimum Gasteiger partial charge on any atom is -0.255 e. The number of rotatable bonds is 5. The van der Waals surface area contributed by atoms with Crippen molar-refractivity contribution in [1.29, 1.82) is 0 Å².